The first-order valence-electron chi connectivity index (χ1n) is 7.59. The first kappa shape index (κ1) is 15.2. The predicted octanol–water partition coefficient (Wildman–Crippen LogP) is 4.38. The normalized spacial score (nSPS) is 22.7. The lowest BCUT2D eigenvalue weighted by atomic mass is 9.85. The van der Waals surface area contributed by atoms with Gasteiger partial charge in [-0.25, -0.2) is 4.39 Å². The highest BCUT2D eigenvalue weighted by atomic mass is 19.1. The van der Waals surface area contributed by atoms with Crippen molar-refractivity contribution in [2.24, 2.45) is 5.92 Å². The van der Waals surface area contributed by atoms with E-state index in [-0.39, 0.29) is 11.6 Å². The second kappa shape index (κ2) is 7.53. The summed E-state index contributed by atoms with van der Waals surface area (Å²) in [5.41, 5.74) is 0.560. The number of halogens is 1. The van der Waals surface area contributed by atoms with Crippen molar-refractivity contribution in [2.75, 3.05) is 6.61 Å². The number of carbonyl (C=O) groups excluding carboxylic acids is 1. The van der Waals surface area contributed by atoms with E-state index in [1.165, 1.54) is 43.5 Å². The molecule has 0 aliphatic heterocycles. The van der Waals surface area contributed by atoms with Crippen LogP contribution in [0.5, 0.6) is 0 Å². The van der Waals surface area contributed by atoms with Crippen LogP contribution >= 0.6 is 0 Å². The van der Waals surface area contributed by atoms with Gasteiger partial charge in [-0.1, -0.05) is 26.2 Å². The van der Waals surface area contributed by atoms with Crippen molar-refractivity contribution < 1.29 is 13.9 Å². The summed E-state index contributed by atoms with van der Waals surface area (Å²) in [7, 11) is 0. The second-order valence-electron chi connectivity index (χ2n) is 5.61. The third-order valence-corrected chi connectivity index (χ3v) is 4.16. The van der Waals surface area contributed by atoms with E-state index < -0.39 is 0 Å². The fourth-order valence-electron chi connectivity index (χ4n) is 2.86. The standard InChI is InChI=1S/C17H23FO2/c1-2-13-4-3-5-16(12-13)20-11-10-17(19)14-6-8-15(18)9-7-14/h6-9,13,16H,2-5,10-12H2,1H3. The molecule has 20 heavy (non-hydrogen) atoms. The highest BCUT2D eigenvalue weighted by molar-refractivity contribution is 5.96. The Hall–Kier alpha value is -1.22. The van der Waals surface area contributed by atoms with Gasteiger partial charge in [0.05, 0.1) is 12.7 Å². The van der Waals surface area contributed by atoms with E-state index in [0.717, 1.165) is 18.8 Å². The van der Waals surface area contributed by atoms with Gasteiger partial charge in [-0.3, -0.25) is 4.79 Å². The van der Waals surface area contributed by atoms with Crippen molar-refractivity contribution in [2.45, 2.75) is 51.6 Å². The first-order chi connectivity index (χ1) is 9.69. The first-order valence-corrected chi connectivity index (χ1v) is 7.59. The van der Waals surface area contributed by atoms with E-state index in [0.29, 0.717) is 24.7 Å². The highest BCUT2D eigenvalue weighted by Gasteiger charge is 2.21. The molecule has 0 amide bonds. The summed E-state index contributed by atoms with van der Waals surface area (Å²) in [6.45, 7) is 2.70. The Balaban J connectivity index is 1.72. The Morgan fingerprint density at radius 2 is 2.05 bits per heavy atom. The van der Waals surface area contributed by atoms with Gasteiger partial charge in [0.2, 0.25) is 0 Å². The van der Waals surface area contributed by atoms with E-state index >= 15 is 0 Å². The van der Waals surface area contributed by atoms with Crippen molar-refractivity contribution >= 4 is 5.78 Å². The maximum Gasteiger partial charge on any atom is 0.165 e. The Bertz CT molecular complexity index is 427. The molecule has 0 heterocycles. The third kappa shape index (κ3) is 4.41. The minimum absolute atomic E-state index is 0.0212. The topological polar surface area (TPSA) is 26.3 Å². The van der Waals surface area contributed by atoms with Gasteiger partial charge >= 0.3 is 0 Å². The molecule has 0 N–H and O–H groups in total. The summed E-state index contributed by atoms with van der Waals surface area (Å²) in [5.74, 6) is 0.486. The van der Waals surface area contributed by atoms with Crippen LogP contribution in [0.2, 0.25) is 0 Å². The number of carbonyl (C=O) groups is 1. The Labute approximate surface area is 120 Å². The Kier molecular flexibility index (Phi) is 5.72. The van der Waals surface area contributed by atoms with Crippen molar-refractivity contribution in [3.05, 3.63) is 35.6 Å². The summed E-state index contributed by atoms with van der Waals surface area (Å²) in [5, 5.41) is 0. The molecule has 1 aromatic rings. The number of rotatable bonds is 6. The quantitative estimate of drug-likeness (QED) is 0.722. The van der Waals surface area contributed by atoms with E-state index in [9.17, 15) is 9.18 Å². The van der Waals surface area contributed by atoms with Gasteiger partial charge in [-0.15, -0.1) is 0 Å². The predicted molar refractivity (Wildman–Crippen MR) is 77.3 cm³/mol. The number of hydrogen-bond acceptors (Lipinski definition) is 2. The van der Waals surface area contributed by atoms with Gasteiger partial charge in [-0.05, 0) is 43.0 Å². The average Bonchev–Trinajstić information content (AvgIpc) is 2.48. The fraction of sp³-hybridized carbons (Fsp3) is 0.588. The monoisotopic (exact) mass is 278 g/mol. The number of ketones is 1. The van der Waals surface area contributed by atoms with Gasteiger partial charge < -0.3 is 4.74 Å². The van der Waals surface area contributed by atoms with Crippen molar-refractivity contribution in [1.29, 1.82) is 0 Å². The molecule has 0 radical (unpaired) electrons. The molecule has 2 rings (SSSR count). The van der Waals surface area contributed by atoms with Gasteiger partial charge in [0, 0.05) is 12.0 Å². The van der Waals surface area contributed by atoms with E-state index in [2.05, 4.69) is 6.92 Å². The molecule has 0 aromatic heterocycles. The van der Waals surface area contributed by atoms with Crippen LogP contribution in [0, 0.1) is 11.7 Å². The Morgan fingerprint density at radius 1 is 1.30 bits per heavy atom. The number of hydrogen-bond donors (Lipinski definition) is 0. The lowest BCUT2D eigenvalue weighted by molar-refractivity contribution is 0.0123. The van der Waals surface area contributed by atoms with Crippen molar-refractivity contribution in [3.63, 3.8) is 0 Å². The van der Waals surface area contributed by atoms with Gasteiger partial charge in [0.25, 0.3) is 0 Å². The molecule has 2 nitrogen and oxygen atoms in total. The van der Waals surface area contributed by atoms with Gasteiger partial charge in [0.1, 0.15) is 5.82 Å². The zero-order valence-electron chi connectivity index (χ0n) is 12.1. The van der Waals surface area contributed by atoms with E-state index in [4.69, 9.17) is 4.74 Å². The molecular formula is C17H23FO2. The lowest BCUT2D eigenvalue weighted by Crippen LogP contribution is -2.23. The molecule has 0 spiro atoms. The summed E-state index contributed by atoms with van der Waals surface area (Å²) in [6, 6.07) is 5.71. The van der Waals surface area contributed by atoms with Gasteiger partial charge in [0.15, 0.2) is 5.78 Å². The smallest absolute Gasteiger partial charge is 0.165 e. The van der Waals surface area contributed by atoms with Crippen LogP contribution in [0.3, 0.4) is 0 Å². The van der Waals surface area contributed by atoms with Crippen molar-refractivity contribution in [1.82, 2.24) is 0 Å². The molecule has 1 saturated carbocycles. The SMILES string of the molecule is CCC1CCCC(OCCC(=O)c2ccc(F)cc2)C1. The molecule has 1 aliphatic rings. The van der Waals surface area contributed by atoms with E-state index in [1.807, 2.05) is 0 Å². The summed E-state index contributed by atoms with van der Waals surface area (Å²) >= 11 is 0. The van der Waals surface area contributed by atoms with Crippen LogP contribution in [-0.2, 0) is 4.74 Å². The zero-order chi connectivity index (χ0) is 14.4. The summed E-state index contributed by atoms with van der Waals surface area (Å²) < 4.78 is 18.6. The summed E-state index contributed by atoms with van der Waals surface area (Å²) in [6.07, 6.45) is 6.69. The van der Waals surface area contributed by atoms with Crippen LogP contribution < -0.4 is 0 Å². The fourth-order valence-corrected chi connectivity index (χ4v) is 2.86. The number of Topliss-reactive ketones (excluding diaryl/α,β-unsaturated/α-hetero) is 1. The van der Waals surface area contributed by atoms with Crippen LogP contribution in [0.25, 0.3) is 0 Å². The molecule has 0 saturated heterocycles. The molecule has 0 bridgehead atoms. The Morgan fingerprint density at radius 3 is 2.75 bits per heavy atom. The molecule has 1 aromatic carbocycles. The number of benzene rings is 1. The largest absolute Gasteiger partial charge is 0.378 e. The van der Waals surface area contributed by atoms with Gasteiger partial charge in [-0.2, -0.15) is 0 Å². The van der Waals surface area contributed by atoms with Crippen molar-refractivity contribution in [3.8, 4) is 0 Å². The van der Waals surface area contributed by atoms with Crippen LogP contribution in [-0.4, -0.2) is 18.5 Å². The molecule has 110 valence electrons. The minimum atomic E-state index is -0.314. The van der Waals surface area contributed by atoms with E-state index in [1.54, 1.807) is 0 Å². The maximum atomic E-state index is 12.8. The highest BCUT2D eigenvalue weighted by Crippen LogP contribution is 2.28. The molecule has 2 atom stereocenters. The van der Waals surface area contributed by atoms with Crippen LogP contribution in [0.15, 0.2) is 24.3 Å². The number of ether oxygens (including phenoxy) is 1. The molecular weight excluding hydrogens is 255 g/mol. The third-order valence-electron chi connectivity index (χ3n) is 4.16. The van der Waals surface area contributed by atoms with Crippen LogP contribution in [0.1, 0.15) is 55.8 Å². The molecule has 1 aliphatic carbocycles. The average molecular weight is 278 g/mol. The zero-order valence-corrected chi connectivity index (χ0v) is 12.1. The molecule has 1 fully saturated rings. The minimum Gasteiger partial charge on any atom is -0.378 e. The summed E-state index contributed by atoms with van der Waals surface area (Å²) in [4.78, 5) is 11.9. The lowest BCUT2D eigenvalue weighted by Gasteiger charge is -2.28. The van der Waals surface area contributed by atoms with Crippen LogP contribution in [0.4, 0.5) is 4.39 Å². The second-order valence-corrected chi connectivity index (χ2v) is 5.61. The molecule has 2 unspecified atom stereocenters. The molecule has 3 heteroatoms. The maximum absolute atomic E-state index is 12.8.